The molecule has 29 heavy (non-hydrogen) atoms. The molecule has 2 aromatic rings. The topological polar surface area (TPSA) is 85.4 Å². The van der Waals surface area contributed by atoms with Gasteiger partial charge in [-0.05, 0) is 54.3 Å². The molecule has 0 saturated carbocycles. The van der Waals surface area contributed by atoms with Gasteiger partial charge in [-0.2, -0.15) is 0 Å². The van der Waals surface area contributed by atoms with Gasteiger partial charge in [-0.1, -0.05) is 48.4 Å². The van der Waals surface area contributed by atoms with E-state index in [9.17, 15) is 13.2 Å². The maximum absolute atomic E-state index is 13.0. The molecule has 0 radical (unpaired) electrons. The van der Waals surface area contributed by atoms with Crippen LogP contribution in [0.4, 0.5) is 4.79 Å². The highest BCUT2D eigenvalue weighted by atomic mass is 33.1. The number of hydrogen-bond donors (Lipinski definition) is 1. The minimum Gasteiger partial charge on any atom is -0.449 e. The molecule has 0 aliphatic rings. The molecule has 1 aromatic carbocycles. The standard InChI is InChI=1S/C20H26N2O4S3/c1-15(2)14-19(29(24,25)17-9-7-16(3)8-10-17)22-20(23)26-12-13-27-28-18-6-4-5-11-21-18/h4-11,15,19H,12-14H2,1-3H3,(H,22,23). The zero-order chi connectivity index (χ0) is 21.3. The van der Waals surface area contributed by atoms with Crippen LogP contribution in [-0.4, -0.2) is 37.2 Å². The Kier molecular flexibility index (Phi) is 9.32. The molecule has 9 heteroatoms. The second-order valence-corrected chi connectivity index (χ2v) is 11.4. The molecule has 1 N–H and O–H groups in total. The first-order valence-electron chi connectivity index (χ1n) is 9.23. The number of aromatic nitrogens is 1. The first-order valence-corrected chi connectivity index (χ1v) is 13.1. The monoisotopic (exact) mass is 454 g/mol. The Bertz CT molecular complexity index is 872. The Morgan fingerprint density at radius 2 is 1.90 bits per heavy atom. The lowest BCUT2D eigenvalue weighted by atomic mass is 10.1. The number of carbonyl (C=O) groups excluding carboxylic acids is 1. The molecule has 0 bridgehead atoms. The van der Waals surface area contributed by atoms with Crippen molar-refractivity contribution in [3.8, 4) is 0 Å². The molecule has 1 aromatic heterocycles. The van der Waals surface area contributed by atoms with E-state index in [0.717, 1.165) is 10.6 Å². The minimum absolute atomic E-state index is 0.0888. The summed E-state index contributed by atoms with van der Waals surface area (Å²) in [4.78, 5) is 16.6. The van der Waals surface area contributed by atoms with Crippen molar-refractivity contribution >= 4 is 37.5 Å². The fourth-order valence-corrected chi connectivity index (χ4v) is 5.86. The lowest BCUT2D eigenvalue weighted by Gasteiger charge is -2.21. The molecule has 2 rings (SSSR count). The third-order valence-electron chi connectivity index (χ3n) is 3.87. The fraction of sp³-hybridized carbons (Fsp3) is 0.400. The average molecular weight is 455 g/mol. The van der Waals surface area contributed by atoms with Crippen LogP contribution in [0.2, 0.25) is 0 Å². The molecule has 0 aliphatic carbocycles. The Hall–Kier alpha value is -1.71. The van der Waals surface area contributed by atoms with Crippen molar-refractivity contribution in [1.29, 1.82) is 0 Å². The van der Waals surface area contributed by atoms with Gasteiger partial charge in [0.15, 0.2) is 9.84 Å². The SMILES string of the molecule is Cc1ccc(S(=O)(=O)C(CC(C)C)NC(=O)OCCSSc2ccccn2)cc1. The summed E-state index contributed by atoms with van der Waals surface area (Å²) >= 11 is 0. The fourth-order valence-electron chi connectivity index (χ4n) is 2.42. The van der Waals surface area contributed by atoms with E-state index < -0.39 is 21.3 Å². The van der Waals surface area contributed by atoms with E-state index in [-0.39, 0.29) is 17.4 Å². The van der Waals surface area contributed by atoms with Crippen LogP contribution in [0.1, 0.15) is 25.8 Å². The van der Waals surface area contributed by atoms with E-state index in [1.165, 1.54) is 21.6 Å². The largest absolute Gasteiger partial charge is 0.449 e. The second kappa shape index (κ2) is 11.5. The normalized spacial score (nSPS) is 12.6. The van der Waals surface area contributed by atoms with Crippen molar-refractivity contribution in [3.63, 3.8) is 0 Å². The molecule has 158 valence electrons. The summed E-state index contributed by atoms with van der Waals surface area (Å²) in [6, 6.07) is 12.3. The Morgan fingerprint density at radius 3 is 2.52 bits per heavy atom. The van der Waals surface area contributed by atoms with Crippen molar-refractivity contribution in [2.45, 2.75) is 42.5 Å². The molecule has 1 unspecified atom stereocenters. The molecule has 0 aliphatic heterocycles. The van der Waals surface area contributed by atoms with Gasteiger partial charge in [-0.15, -0.1) is 0 Å². The van der Waals surface area contributed by atoms with E-state index in [1.54, 1.807) is 30.5 Å². The maximum Gasteiger partial charge on any atom is 0.408 e. The van der Waals surface area contributed by atoms with Crippen molar-refractivity contribution in [3.05, 3.63) is 54.2 Å². The van der Waals surface area contributed by atoms with Crippen LogP contribution in [0.15, 0.2) is 58.6 Å². The molecule has 0 saturated heterocycles. The zero-order valence-corrected chi connectivity index (χ0v) is 19.1. The number of sulfone groups is 1. The summed E-state index contributed by atoms with van der Waals surface area (Å²) < 4.78 is 31.1. The van der Waals surface area contributed by atoms with Gasteiger partial charge in [0.25, 0.3) is 0 Å². The lowest BCUT2D eigenvalue weighted by Crippen LogP contribution is -2.42. The third-order valence-corrected chi connectivity index (χ3v) is 8.09. The number of benzene rings is 1. The van der Waals surface area contributed by atoms with Crippen LogP contribution in [0.3, 0.4) is 0 Å². The van der Waals surface area contributed by atoms with Crippen molar-refractivity contribution in [1.82, 2.24) is 10.3 Å². The van der Waals surface area contributed by atoms with Crippen molar-refractivity contribution in [2.75, 3.05) is 12.4 Å². The van der Waals surface area contributed by atoms with Gasteiger partial charge in [-0.3, -0.25) is 0 Å². The van der Waals surface area contributed by atoms with Crippen LogP contribution >= 0.6 is 21.6 Å². The summed E-state index contributed by atoms with van der Waals surface area (Å²) in [6.45, 7) is 5.89. The van der Waals surface area contributed by atoms with Crippen LogP contribution in [0.25, 0.3) is 0 Å². The van der Waals surface area contributed by atoms with E-state index in [2.05, 4.69) is 10.3 Å². The van der Waals surface area contributed by atoms with E-state index >= 15 is 0 Å². The van der Waals surface area contributed by atoms with Crippen molar-refractivity contribution < 1.29 is 17.9 Å². The Balaban J connectivity index is 1.88. The highest BCUT2D eigenvalue weighted by molar-refractivity contribution is 8.76. The number of pyridine rings is 1. The van der Waals surface area contributed by atoms with Gasteiger partial charge in [-0.25, -0.2) is 18.2 Å². The highest BCUT2D eigenvalue weighted by Gasteiger charge is 2.30. The number of nitrogens with one attached hydrogen (secondary N) is 1. The molecule has 1 amide bonds. The summed E-state index contributed by atoms with van der Waals surface area (Å²) in [5.41, 5.74) is 0.970. The van der Waals surface area contributed by atoms with Gasteiger partial charge < -0.3 is 10.1 Å². The van der Waals surface area contributed by atoms with Gasteiger partial charge in [0.05, 0.1) is 4.90 Å². The predicted molar refractivity (Wildman–Crippen MR) is 119 cm³/mol. The predicted octanol–water partition coefficient (Wildman–Crippen LogP) is 4.70. The van der Waals surface area contributed by atoms with Gasteiger partial charge >= 0.3 is 6.09 Å². The number of carbonyl (C=O) groups is 1. The van der Waals surface area contributed by atoms with Crippen LogP contribution in [-0.2, 0) is 14.6 Å². The minimum atomic E-state index is -3.71. The van der Waals surface area contributed by atoms with Crippen LogP contribution < -0.4 is 5.32 Å². The molecular weight excluding hydrogens is 428 g/mol. The van der Waals surface area contributed by atoms with Crippen molar-refractivity contribution in [2.24, 2.45) is 5.92 Å². The average Bonchev–Trinajstić information content (AvgIpc) is 2.68. The number of hydrogen-bond acceptors (Lipinski definition) is 7. The summed E-state index contributed by atoms with van der Waals surface area (Å²) in [6.07, 6.45) is 1.29. The van der Waals surface area contributed by atoms with Gasteiger partial charge in [0, 0.05) is 11.9 Å². The molecule has 1 atom stereocenters. The third kappa shape index (κ3) is 7.91. The smallest absolute Gasteiger partial charge is 0.408 e. The van der Waals surface area contributed by atoms with E-state index in [1.807, 2.05) is 39.0 Å². The first-order chi connectivity index (χ1) is 13.8. The quantitative estimate of drug-likeness (QED) is 0.411. The Morgan fingerprint density at radius 1 is 1.17 bits per heavy atom. The lowest BCUT2D eigenvalue weighted by molar-refractivity contribution is 0.151. The number of nitrogens with zero attached hydrogens (tertiary/aromatic N) is 1. The van der Waals surface area contributed by atoms with E-state index in [4.69, 9.17) is 4.74 Å². The van der Waals surface area contributed by atoms with Crippen LogP contribution in [0, 0.1) is 12.8 Å². The molecule has 0 spiro atoms. The molecular formula is C20H26N2O4S3. The first kappa shape index (κ1) is 23.6. The number of amides is 1. The molecule has 6 nitrogen and oxygen atoms in total. The zero-order valence-electron chi connectivity index (χ0n) is 16.7. The van der Waals surface area contributed by atoms with Gasteiger partial charge in [0.2, 0.25) is 0 Å². The summed E-state index contributed by atoms with van der Waals surface area (Å²) in [5, 5.41) is 2.38. The second-order valence-electron chi connectivity index (χ2n) is 6.83. The summed E-state index contributed by atoms with van der Waals surface area (Å²) in [7, 11) is -0.701. The number of aryl methyl sites for hydroxylation is 1. The highest BCUT2D eigenvalue weighted by Crippen LogP contribution is 2.28. The summed E-state index contributed by atoms with van der Waals surface area (Å²) in [5.74, 6) is 0.652. The number of ether oxygens (including phenoxy) is 1. The maximum atomic E-state index is 13.0. The van der Waals surface area contributed by atoms with Gasteiger partial charge in [0.1, 0.15) is 17.0 Å². The van der Waals surface area contributed by atoms with Crippen LogP contribution in [0.5, 0.6) is 0 Å². The molecule has 0 fully saturated rings. The van der Waals surface area contributed by atoms with E-state index in [0.29, 0.717) is 12.2 Å². The molecule has 1 heterocycles. The number of alkyl carbamates (subject to hydrolysis) is 1. The Labute approximate surface area is 180 Å². The number of rotatable bonds is 10.